The fraction of sp³-hybridized carbons (Fsp3) is 1.00. The van der Waals surface area contributed by atoms with Crippen molar-refractivity contribution in [2.45, 2.75) is 63.5 Å². The van der Waals surface area contributed by atoms with Crippen LogP contribution in [0.25, 0.3) is 0 Å². The third-order valence-electron chi connectivity index (χ3n) is 4.78. The van der Waals surface area contributed by atoms with E-state index in [0.717, 1.165) is 26.1 Å². The first kappa shape index (κ1) is 14.3. The van der Waals surface area contributed by atoms with Gasteiger partial charge in [0.2, 0.25) is 0 Å². The molecule has 1 spiro atoms. The first-order valence-corrected chi connectivity index (χ1v) is 7.54. The van der Waals surface area contributed by atoms with Gasteiger partial charge in [-0.2, -0.15) is 0 Å². The lowest BCUT2D eigenvalue weighted by molar-refractivity contribution is -0.0971. The minimum Gasteiger partial charge on any atom is -0.384 e. The van der Waals surface area contributed by atoms with E-state index < -0.39 is 0 Å². The standard InChI is InChI=1S/C15H29NO2/c1-12(11-17-2)9-14(16)13-5-8-18-15(10-13)6-3-4-7-15/h12-14H,3-11,16H2,1-2H3. The van der Waals surface area contributed by atoms with Crippen LogP contribution in [0.1, 0.15) is 51.9 Å². The molecule has 2 fully saturated rings. The highest BCUT2D eigenvalue weighted by atomic mass is 16.5. The molecule has 18 heavy (non-hydrogen) atoms. The summed E-state index contributed by atoms with van der Waals surface area (Å²) in [6.45, 7) is 3.97. The molecular weight excluding hydrogens is 226 g/mol. The number of hydrogen-bond acceptors (Lipinski definition) is 3. The van der Waals surface area contributed by atoms with E-state index in [4.69, 9.17) is 15.2 Å². The van der Waals surface area contributed by atoms with E-state index in [-0.39, 0.29) is 5.60 Å². The Labute approximate surface area is 111 Å². The molecule has 2 N–H and O–H groups in total. The van der Waals surface area contributed by atoms with E-state index in [0.29, 0.717) is 17.9 Å². The Kier molecular flexibility index (Phi) is 5.05. The lowest BCUT2D eigenvalue weighted by Crippen LogP contribution is -2.44. The van der Waals surface area contributed by atoms with Gasteiger partial charge >= 0.3 is 0 Å². The first-order chi connectivity index (χ1) is 8.65. The Morgan fingerprint density at radius 3 is 2.78 bits per heavy atom. The van der Waals surface area contributed by atoms with Crippen LogP contribution in [0.2, 0.25) is 0 Å². The van der Waals surface area contributed by atoms with Crippen LogP contribution in [0.4, 0.5) is 0 Å². The highest BCUT2D eigenvalue weighted by molar-refractivity contribution is 4.93. The summed E-state index contributed by atoms with van der Waals surface area (Å²) >= 11 is 0. The predicted molar refractivity (Wildman–Crippen MR) is 73.5 cm³/mol. The van der Waals surface area contributed by atoms with E-state index >= 15 is 0 Å². The summed E-state index contributed by atoms with van der Waals surface area (Å²) in [5.74, 6) is 1.21. The van der Waals surface area contributed by atoms with Gasteiger partial charge in [-0.3, -0.25) is 0 Å². The van der Waals surface area contributed by atoms with Gasteiger partial charge in [0.05, 0.1) is 5.60 Å². The summed E-state index contributed by atoms with van der Waals surface area (Å²) < 4.78 is 11.3. The first-order valence-electron chi connectivity index (χ1n) is 7.54. The second-order valence-corrected chi connectivity index (χ2v) is 6.45. The van der Waals surface area contributed by atoms with Gasteiger partial charge in [-0.25, -0.2) is 0 Å². The summed E-state index contributed by atoms with van der Waals surface area (Å²) in [5, 5.41) is 0. The SMILES string of the molecule is COCC(C)CC(N)C1CCOC2(CCCC2)C1. The van der Waals surface area contributed by atoms with Crippen molar-refractivity contribution in [3.8, 4) is 0 Å². The Morgan fingerprint density at radius 2 is 2.11 bits per heavy atom. The highest BCUT2D eigenvalue weighted by Gasteiger charge is 2.41. The van der Waals surface area contributed by atoms with Crippen LogP contribution in [0, 0.1) is 11.8 Å². The molecule has 3 unspecified atom stereocenters. The molecule has 106 valence electrons. The van der Waals surface area contributed by atoms with Crippen molar-refractivity contribution in [3.05, 3.63) is 0 Å². The Morgan fingerprint density at radius 1 is 1.39 bits per heavy atom. The molecule has 2 rings (SSSR count). The van der Waals surface area contributed by atoms with Gasteiger partial charge in [0.25, 0.3) is 0 Å². The van der Waals surface area contributed by atoms with Gasteiger partial charge in [-0.05, 0) is 43.9 Å². The maximum atomic E-state index is 6.42. The summed E-state index contributed by atoms with van der Waals surface area (Å²) in [5.41, 5.74) is 6.62. The van der Waals surface area contributed by atoms with Gasteiger partial charge in [-0.15, -0.1) is 0 Å². The van der Waals surface area contributed by atoms with Crippen LogP contribution in [-0.4, -0.2) is 32.0 Å². The monoisotopic (exact) mass is 255 g/mol. The Hall–Kier alpha value is -0.120. The molecule has 3 atom stereocenters. The zero-order valence-electron chi connectivity index (χ0n) is 12.0. The van der Waals surface area contributed by atoms with Gasteiger partial charge in [0.1, 0.15) is 0 Å². The van der Waals surface area contributed by atoms with Gasteiger partial charge in [-0.1, -0.05) is 19.8 Å². The van der Waals surface area contributed by atoms with Crippen molar-refractivity contribution < 1.29 is 9.47 Å². The molecule has 0 aromatic heterocycles. The van der Waals surface area contributed by atoms with Crippen molar-refractivity contribution in [2.75, 3.05) is 20.3 Å². The van der Waals surface area contributed by atoms with Crippen LogP contribution in [0.15, 0.2) is 0 Å². The molecule has 3 heteroatoms. The minimum atomic E-state index is 0.199. The molecule has 0 bridgehead atoms. The maximum Gasteiger partial charge on any atom is 0.0685 e. The second-order valence-electron chi connectivity index (χ2n) is 6.45. The quantitative estimate of drug-likeness (QED) is 0.821. The van der Waals surface area contributed by atoms with Crippen LogP contribution < -0.4 is 5.73 Å². The Bertz CT molecular complexity index is 251. The molecule has 1 saturated carbocycles. The lowest BCUT2D eigenvalue weighted by atomic mass is 9.79. The van der Waals surface area contributed by atoms with Crippen molar-refractivity contribution in [2.24, 2.45) is 17.6 Å². The normalized spacial score (nSPS) is 30.5. The van der Waals surface area contributed by atoms with Crippen molar-refractivity contribution in [3.63, 3.8) is 0 Å². The topological polar surface area (TPSA) is 44.5 Å². The van der Waals surface area contributed by atoms with Crippen LogP contribution in [-0.2, 0) is 9.47 Å². The molecule has 0 aromatic carbocycles. The summed E-state index contributed by atoms with van der Waals surface area (Å²) in [4.78, 5) is 0. The lowest BCUT2D eigenvalue weighted by Gasteiger charge is -2.41. The average molecular weight is 255 g/mol. The molecule has 0 radical (unpaired) electrons. The third-order valence-corrected chi connectivity index (χ3v) is 4.78. The van der Waals surface area contributed by atoms with Crippen molar-refractivity contribution in [1.82, 2.24) is 0 Å². The average Bonchev–Trinajstić information content (AvgIpc) is 2.77. The van der Waals surface area contributed by atoms with E-state index in [1.165, 1.54) is 32.1 Å². The van der Waals surface area contributed by atoms with Gasteiger partial charge < -0.3 is 15.2 Å². The molecular formula is C15H29NO2. The predicted octanol–water partition coefficient (Wildman–Crippen LogP) is 2.73. The van der Waals surface area contributed by atoms with E-state index in [1.54, 1.807) is 7.11 Å². The smallest absolute Gasteiger partial charge is 0.0685 e. The van der Waals surface area contributed by atoms with E-state index in [2.05, 4.69) is 6.92 Å². The molecule has 1 aliphatic heterocycles. The third kappa shape index (κ3) is 3.46. The maximum absolute atomic E-state index is 6.42. The summed E-state index contributed by atoms with van der Waals surface area (Å²) in [6, 6.07) is 0.316. The van der Waals surface area contributed by atoms with Crippen molar-refractivity contribution in [1.29, 1.82) is 0 Å². The van der Waals surface area contributed by atoms with Gasteiger partial charge in [0.15, 0.2) is 0 Å². The molecule has 1 aliphatic carbocycles. The Balaban J connectivity index is 1.84. The van der Waals surface area contributed by atoms with E-state index in [9.17, 15) is 0 Å². The zero-order chi connectivity index (χ0) is 13.0. The number of nitrogens with two attached hydrogens (primary N) is 1. The molecule has 3 nitrogen and oxygen atoms in total. The highest BCUT2D eigenvalue weighted by Crippen LogP contribution is 2.43. The summed E-state index contributed by atoms with van der Waals surface area (Å²) in [6.07, 6.45) is 8.59. The fourth-order valence-corrected chi connectivity index (χ4v) is 3.81. The largest absolute Gasteiger partial charge is 0.384 e. The number of rotatable bonds is 5. The number of methoxy groups -OCH3 is 1. The van der Waals surface area contributed by atoms with Crippen LogP contribution in [0.5, 0.6) is 0 Å². The van der Waals surface area contributed by atoms with Crippen LogP contribution in [0.3, 0.4) is 0 Å². The number of hydrogen-bond donors (Lipinski definition) is 1. The molecule has 0 amide bonds. The molecule has 1 saturated heterocycles. The van der Waals surface area contributed by atoms with Gasteiger partial charge in [0, 0.05) is 26.4 Å². The zero-order valence-corrected chi connectivity index (χ0v) is 12.0. The molecule has 2 aliphatic rings. The second kappa shape index (κ2) is 6.36. The minimum absolute atomic E-state index is 0.199. The summed E-state index contributed by atoms with van der Waals surface area (Å²) in [7, 11) is 1.77. The van der Waals surface area contributed by atoms with Crippen LogP contribution >= 0.6 is 0 Å². The molecule has 1 heterocycles. The fourth-order valence-electron chi connectivity index (χ4n) is 3.81. The number of ether oxygens (including phenoxy) is 2. The molecule has 0 aromatic rings. The van der Waals surface area contributed by atoms with E-state index in [1.807, 2.05) is 0 Å². The van der Waals surface area contributed by atoms with Crippen molar-refractivity contribution >= 4 is 0 Å².